The van der Waals surface area contributed by atoms with Crippen LogP contribution in [0, 0.1) is 0 Å². The molecule has 0 aliphatic rings. The van der Waals surface area contributed by atoms with Gasteiger partial charge in [-0.1, -0.05) is 78.9 Å². The number of aldehydes is 1. The molecule has 3 aromatic rings. The molecule has 3 heteroatoms. The Hall–Kier alpha value is -3.20. The van der Waals surface area contributed by atoms with Crippen LogP contribution in [0.3, 0.4) is 0 Å². The van der Waals surface area contributed by atoms with E-state index >= 15 is 0 Å². The van der Waals surface area contributed by atoms with E-state index in [9.17, 15) is 9.59 Å². The van der Waals surface area contributed by atoms with Crippen LogP contribution in [0.4, 0.5) is 0 Å². The number of nitrogens with one attached hydrogen (secondary N) is 1. The molecule has 0 aliphatic heterocycles. The standard InChI is InChI=1S/C24H23NO2/c26-18-21-11-9-20(10-12-21)17-25-24(27)8-4-5-19-13-15-23(16-14-19)22-6-2-1-3-7-22/h1-3,6-7,9-16,18H,4-5,8,17H2,(H,25,27). The summed E-state index contributed by atoms with van der Waals surface area (Å²) in [6.07, 6.45) is 3.03. The van der Waals surface area contributed by atoms with Crippen LogP contribution in [0.2, 0.25) is 0 Å². The highest BCUT2D eigenvalue weighted by atomic mass is 16.1. The van der Waals surface area contributed by atoms with Crippen molar-refractivity contribution < 1.29 is 9.59 Å². The maximum absolute atomic E-state index is 12.0. The van der Waals surface area contributed by atoms with Gasteiger partial charge in [-0.3, -0.25) is 9.59 Å². The number of rotatable bonds is 8. The maximum Gasteiger partial charge on any atom is 0.220 e. The van der Waals surface area contributed by atoms with Crippen LogP contribution < -0.4 is 5.32 Å². The molecule has 0 aliphatic carbocycles. The number of aryl methyl sites for hydroxylation is 1. The van der Waals surface area contributed by atoms with Crippen LogP contribution in [-0.2, 0) is 17.8 Å². The normalized spacial score (nSPS) is 10.4. The van der Waals surface area contributed by atoms with Crippen molar-refractivity contribution in [2.24, 2.45) is 0 Å². The molecule has 3 nitrogen and oxygen atoms in total. The van der Waals surface area contributed by atoms with Crippen LogP contribution in [0.5, 0.6) is 0 Å². The smallest absolute Gasteiger partial charge is 0.220 e. The van der Waals surface area contributed by atoms with Gasteiger partial charge in [-0.15, -0.1) is 0 Å². The minimum absolute atomic E-state index is 0.0513. The second kappa shape index (κ2) is 9.48. The second-order valence-electron chi connectivity index (χ2n) is 6.55. The first kappa shape index (κ1) is 18.6. The summed E-state index contributed by atoms with van der Waals surface area (Å²) in [5.41, 5.74) is 5.29. The van der Waals surface area contributed by atoms with Gasteiger partial charge in [0.25, 0.3) is 0 Å². The largest absolute Gasteiger partial charge is 0.352 e. The minimum atomic E-state index is 0.0513. The molecule has 0 bridgehead atoms. The third-order valence-electron chi connectivity index (χ3n) is 4.54. The van der Waals surface area contributed by atoms with Crippen LogP contribution >= 0.6 is 0 Å². The fourth-order valence-corrected chi connectivity index (χ4v) is 2.95. The van der Waals surface area contributed by atoms with Gasteiger partial charge >= 0.3 is 0 Å². The Labute approximate surface area is 160 Å². The van der Waals surface area contributed by atoms with Crippen molar-refractivity contribution in [1.29, 1.82) is 0 Å². The second-order valence-corrected chi connectivity index (χ2v) is 6.55. The Kier molecular flexibility index (Phi) is 6.53. The van der Waals surface area contributed by atoms with E-state index in [0.717, 1.165) is 24.7 Å². The number of carbonyl (C=O) groups excluding carboxylic acids is 2. The summed E-state index contributed by atoms with van der Waals surface area (Å²) in [5, 5.41) is 2.93. The lowest BCUT2D eigenvalue weighted by molar-refractivity contribution is -0.121. The maximum atomic E-state index is 12.0. The predicted octanol–water partition coefficient (Wildman–Crippen LogP) is 4.81. The molecule has 0 saturated carbocycles. The summed E-state index contributed by atoms with van der Waals surface area (Å²) in [5.74, 6) is 0.0513. The van der Waals surface area contributed by atoms with Crippen LogP contribution in [0.15, 0.2) is 78.9 Å². The Morgan fingerprint density at radius 1 is 0.778 bits per heavy atom. The van der Waals surface area contributed by atoms with E-state index in [-0.39, 0.29) is 5.91 Å². The zero-order valence-electron chi connectivity index (χ0n) is 15.2. The van der Waals surface area contributed by atoms with Crippen molar-refractivity contribution in [2.75, 3.05) is 0 Å². The van der Waals surface area contributed by atoms with Crippen molar-refractivity contribution in [2.45, 2.75) is 25.8 Å². The predicted molar refractivity (Wildman–Crippen MR) is 108 cm³/mol. The average Bonchev–Trinajstić information content (AvgIpc) is 2.74. The Morgan fingerprint density at radius 2 is 1.41 bits per heavy atom. The molecular weight excluding hydrogens is 334 g/mol. The minimum Gasteiger partial charge on any atom is -0.352 e. The molecule has 0 heterocycles. The highest BCUT2D eigenvalue weighted by Crippen LogP contribution is 2.19. The average molecular weight is 357 g/mol. The van der Waals surface area contributed by atoms with Gasteiger partial charge < -0.3 is 5.32 Å². The first-order valence-electron chi connectivity index (χ1n) is 9.20. The Morgan fingerprint density at radius 3 is 2.07 bits per heavy atom. The highest BCUT2D eigenvalue weighted by molar-refractivity contribution is 5.76. The molecule has 0 radical (unpaired) electrons. The van der Waals surface area contributed by atoms with Gasteiger partial charge in [0.1, 0.15) is 6.29 Å². The molecule has 0 atom stereocenters. The van der Waals surface area contributed by atoms with E-state index in [1.165, 1.54) is 16.7 Å². The van der Waals surface area contributed by atoms with Gasteiger partial charge in [-0.25, -0.2) is 0 Å². The summed E-state index contributed by atoms with van der Waals surface area (Å²) in [6.45, 7) is 0.490. The molecule has 0 saturated heterocycles. The summed E-state index contributed by atoms with van der Waals surface area (Å²) < 4.78 is 0. The first-order chi connectivity index (χ1) is 13.2. The number of hydrogen-bond donors (Lipinski definition) is 1. The molecule has 136 valence electrons. The fourth-order valence-electron chi connectivity index (χ4n) is 2.95. The topological polar surface area (TPSA) is 46.2 Å². The molecule has 0 aromatic heterocycles. The van der Waals surface area contributed by atoms with Crippen molar-refractivity contribution in [3.8, 4) is 11.1 Å². The van der Waals surface area contributed by atoms with Crippen LogP contribution in [0.1, 0.15) is 34.3 Å². The zero-order chi connectivity index (χ0) is 18.9. The number of amides is 1. The van der Waals surface area contributed by atoms with E-state index in [2.05, 4.69) is 41.7 Å². The quantitative estimate of drug-likeness (QED) is 0.588. The number of carbonyl (C=O) groups is 2. The molecule has 3 aromatic carbocycles. The lowest BCUT2D eigenvalue weighted by atomic mass is 10.0. The van der Waals surface area contributed by atoms with E-state index < -0.39 is 0 Å². The highest BCUT2D eigenvalue weighted by Gasteiger charge is 2.03. The van der Waals surface area contributed by atoms with E-state index in [0.29, 0.717) is 18.5 Å². The Bertz CT molecular complexity index is 869. The first-order valence-corrected chi connectivity index (χ1v) is 9.20. The van der Waals surface area contributed by atoms with Crippen molar-refractivity contribution in [1.82, 2.24) is 5.32 Å². The SMILES string of the molecule is O=Cc1ccc(CNC(=O)CCCc2ccc(-c3ccccc3)cc2)cc1. The van der Waals surface area contributed by atoms with Crippen LogP contribution in [-0.4, -0.2) is 12.2 Å². The molecule has 0 fully saturated rings. The number of hydrogen-bond acceptors (Lipinski definition) is 2. The van der Waals surface area contributed by atoms with Crippen molar-refractivity contribution in [3.63, 3.8) is 0 Å². The lowest BCUT2D eigenvalue weighted by Crippen LogP contribution is -2.22. The lowest BCUT2D eigenvalue weighted by Gasteiger charge is -2.07. The van der Waals surface area contributed by atoms with Gasteiger partial charge in [0, 0.05) is 18.5 Å². The summed E-state index contributed by atoms with van der Waals surface area (Å²) in [7, 11) is 0. The zero-order valence-corrected chi connectivity index (χ0v) is 15.2. The van der Waals surface area contributed by atoms with E-state index in [1.54, 1.807) is 12.1 Å². The fraction of sp³-hybridized carbons (Fsp3) is 0.167. The van der Waals surface area contributed by atoms with Gasteiger partial charge in [0.05, 0.1) is 0 Å². The summed E-state index contributed by atoms with van der Waals surface area (Å²) >= 11 is 0. The van der Waals surface area contributed by atoms with Gasteiger partial charge in [-0.05, 0) is 35.1 Å². The molecular formula is C24H23NO2. The Balaban J connectivity index is 1.41. The van der Waals surface area contributed by atoms with E-state index in [4.69, 9.17) is 0 Å². The van der Waals surface area contributed by atoms with Gasteiger partial charge in [0.2, 0.25) is 5.91 Å². The van der Waals surface area contributed by atoms with Crippen molar-refractivity contribution >= 4 is 12.2 Å². The molecule has 0 spiro atoms. The summed E-state index contributed by atoms with van der Waals surface area (Å²) in [4.78, 5) is 22.6. The van der Waals surface area contributed by atoms with Gasteiger partial charge in [-0.2, -0.15) is 0 Å². The van der Waals surface area contributed by atoms with Crippen molar-refractivity contribution in [3.05, 3.63) is 95.6 Å². The third-order valence-corrected chi connectivity index (χ3v) is 4.54. The summed E-state index contributed by atoms with van der Waals surface area (Å²) in [6, 6.07) is 26.1. The molecule has 0 unspecified atom stereocenters. The number of benzene rings is 3. The monoisotopic (exact) mass is 357 g/mol. The molecule has 1 N–H and O–H groups in total. The van der Waals surface area contributed by atoms with Crippen LogP contribution in [0.25, 0.3) is 11.1 Å². The third kappa shape index (κ3) is 5.65. The molecule has 3 rings (SSSR count). The molecule has 27 heavy (non-hydrogen) atoms. The van der Waals surface area contributed by atoms with E-state index in [1.807, 2.05) is 30.3 Å². The van der Waals surface area contributed by atoms with Gasteiger partial charge in [0.15, 0.2) is 0 Å². The molecule has 1 amide bonds.